The minimum atomic E-state index is -0.419. The summed E-state index contributed by atoms with van der Waals surface area (Å²) >= 11 is 3.09. The van der Waals surface area contributed by atoms with Gasteiger partial charge in [-0.05, 0) is 48.9 Å². The van der Waals surface area contributed by atoms with Crippen LogP contribution in [0, 0.1) is 0 Å². The Labute approximate surface area is 198 Å². The van der Waals surface area contributed by atoms with Gasteiger partial charge in [0.15, 0.2) is 5.16 Å². The van der Waals surface area contributed by atoms with Crippen molar-refractivity contribution in [3.8, 4) is 5.75 Å². The van der Waals surface area contributed by atoms with Gasteiger partial charge in [0.05, 0.1) is 25.6 Å². The molecule has 1 aromatic carbocycles. The molecule has 0 N–H and O–H groups in total. The fraction of sp³-hybridized carbons (Fsp3) is 0.375. The number of hydrogen-bond donors (Lipinski definition) is 0. The van der Waals surface area contributed by atoms with E-state index in [-0.39, 0.29) is 5.56 Å². The van der Waals surface area contributed by atoms with Crippen molar-refractivity contribution in [2.24, 2.45) is 0 Å². The third kappa shape index (κ3) is 4.20. The van der Waals surface area contributed by atoms with E-state index in [9.17, 15) is 9.59 Å². The molecule has 0 aliphatic heterocycles. The lowest BCUT2D eigenvalue weighted by atomic mass is 9.97. The van der Waals surface area contributed by atoms with Gasteiger partial charge in [0.2, 0.25) is 0 Å². The van der Waals surface area contributed by atoms with Gasteiger partial charge in [-0.2, -0.15) is 0 Å². The summed E-state index contributed by atoms with van der Waals surface area (Å²) < 4.78 is 17.6. The molecule has 172 valence electrons. The van der Waals surface area contributed by atoms with Crippen LogP contribution in [-0.2, 0) is 29.9 Å². The topological polar surface area (TPSA) is 83.6 Å². The molecule has 0 fully saturated rings. The number of benzene rings is 1. The summed E-state index contributed by atoms with van der Waals surface area (Å²) in [5.74, 6) is 1.10. The van der Waals surface area contributed by atoms with E-state index in [1.165, 1.54) is 28.3 Å². The van der Waals surface area contributed by atoms with Crippen LogP contribution in [0.3, 0.4) is 0 Å². The monoisotopic (exact) mass is 484 g/mol. The van der Waals surface area contributed by atoms with E-state index in [4.69, 9.17) is 18.9 Å². The zero-order valence-electron chi connectivity index (χ0n) is 18.5. The molecule has 0 saturated carbocycles. The Bertz CT molecular complexity index is 1450. The van der Waals surface area contributed by atoms with Crippen molar-refractivity contribution in [2.45, 2.75) is 43.1 Å². The first-order valence-corrected chi connectivity index (χ1v) is 12.7. The molecule has 0 atom stereocenters. The van der Waals surface area contributed by atoms with Crippen LogP contribution >= 0.6 is 23.1 Å². The molecule has 3 aromatic heterocycles. The molecule has 5 rings (SSSR count). The van der Waals surface area contributed by atoms with Crippen LogP contribution in [0.4, 0.5) is 0 Å². The van der Waals surface area contributed by atoms with E-state index in [0.717, 1.165) is 46.8 Å². The van der Waals surface area contributed by atoms with Gasteiger partial charge in [-0.25, -0.2) is 9.78 Å². The number of thioether (sulfide) groups is 1. The van der Waals surface area contributed by atoms with Crippen molar-refractivity contribution in [3.05, 3.63) is 61.0 Å². The molecule has 0 unspecified atom stereocenters. The van der Waals surface area contributed by atoms with Gasteiger partial charge in [-0.1, -0.05) is 11.8 Å². The van der Waals surface area contributed by atoms with Crippen molar-refractivity contribution >= 4 is 44.3 Å². The molecule has 0 bridgehead atoms. The summed E-state index contributed by atoms with van der Waals surface area (Å²) in [6, 6.07) is 6.93. The van der Waals surface area contributed by atoms with Crippen molar-refractivity contribution < 1.29 is 13.9 Å². The molecular weight excluding hydrogens is 460 g/mol. The number of fused-ring (bicyclic) bond motifs is 4. The van der Waals surface area contributed by atoms with E-state index < -0.39 is 5.63 Å². The first-order valence-electron chi connectivity index (χ1n) is 10.9. The summed E-state index contributed by atoms with van der Waals surface area (Å²) in [6.07, 6.45) is 4.24. The predicted molar refractivity (Wildman–Crippen MR) is 131 cm³/mol. The Morgan fingerprint density at radius 2 is 2.03 bits per heavy atom. The second kappa shape index (κ2) is 9.32. The maximum Gasteiger partial charge on any atom is 0.336 e. The average Bonchev–Trinajstić information content (AvgIpc) is 3.20. The normalized spacial score (nSPS) is 13.5. The largest absolute Gasteiger partial charge is 0.497 e. The zero-order valence-corrected chi connectivity index (χ0v) is 20.1. The molecule has 7 nitrogen and oxygen atoms in total. The van der Waals surface area contributed by atoms with Crippen LogP contribution < -0.4 is 15.9 Å². The van der Waals surface area contributed by atoms with Gasteiger partial charge >= 0.3 is 5.63 Å². The quantitative estimate of drug-likeness (QED) is 0.219. The molecule has 9 heteroatoms. The number of aromatic nitrogens is 2. The van der Waals surface area contributed by atoms with Crippen LogP contribution in [0.2, 0.25) is 0 Å². The Hall–Kier alpha value is -2.62. The molecule has 0 saturated heterocycles. The number of methoxy groups -OCH3 is 2. The minimum Gasteiger partial charge on any atom is -0.497 e. The molecular formula is C24H24N2O5S2. The maximum atomic E-state index is 13.5. The summed E-state index contributed by atoms with van der Waals surface area (Å²) in [7, 11) is 3.20. The lowest BCUT2D eigenvalue weighted by Gasteiger charge is -2.13. The molecule has 0 spiro atoms. The van der Waals surface area contributed by atoms with Crippen molar-refractivity contribution in [3.63, 3.8) is 0 Å². The maximum absolute atomic E-state index is 13.5. The van der Waals surface area contributed by atoms with Crippen molar-refractivity contribution in [2.75, 3.05) is 20.8 Å². The highest BCUT2D eigenvalue weighted by Gasteiger charge is 2.22. The number of hydrogen-bond acceptors (Lipinski definition) is 8. The van der Waals surface area contributed by atoms with Gasteiger partial charge in [0.25, 0.3) is 5.56 Å². The number of nitrogens with zero attached hydrogens (tertiary/aromatic N) is 2. The third-order valence-electron chi connectivity index (χ3n) is 5.95. The number of rotatable bonds is 7. The Kier molecular flexibility index (Phi) is 6.27. The first-order chi connectivity index (χ1) is 16.1. The van der Waals surface area contributed by atoms with Gasteiger partial charge < -0.3 is 13.9 Å². The highest BCUT2D eigenvalue weighted by Crippen LogP contribution is 2.35. The fourth-order valence-corrected chi connectivity index (χ4v) is 6.63. The van der Waals surface area contributed by atoms with Crippen LogP contribution in [0.15, 0.2) is 43.4 Å². The summed E-state index contributed by atoms with van der Waals surface area (Å²) in [5.41, 5.74) is 2.07. The Balaban J connectivity index is 1.56. The van der Waals surface area contributed by atoms with Crippen molar-refractivity contribution in [1.82, 2.24) is 9.55 Å². The highest BCUT2D eigenvalue weighted by molar-refractivity contribution is 7.98. The summed E-state index contributed by atoms with van der Waals surface area (Å²) in [6.45, 7) is 0.852. The molecule has 0 radical (unpaired) electrons. The molecule has 33 heavy (non-hydrogen) atoms. The van der Waals surface area contributed by atoms with Gasteiger partial charge in [-0.15, -0.1) is 11.3 Å². The van der Waals surface area contributed by atoms with Gasteiger partial charge in [0.1, 0.15) is 16.2 Å². The van der Waals surface area contributed by atoms with Gasteiger partial charge in [-0.3, -0.25) is 9.36 Å². The average molecular weight is 485 g/mol. The SMILES string of the molecule is COCCn1c(SCc2cc(=O)oc3cc(OC)ccc23)nc2sc3c(c2c1=O)CCCC3. The minimum absolute atomic E-state index is 0.00104. The van der Waals surface area contributed by atoms with E-state index in [1.807, 2.05) is 12.1 Å². The molecule has 3 heterocycles. The molecule has 1 aliphatic carbocycles. The number of aryl methyl sites for hydroxylation is 2. The Morgan fingerprint density at radius 3 is 2.85 bits per heavy atom. The summed E-state index contributed by atoms with van der Waals surface area (Å²) in [5, 5.41) is 2.24. The smallest absolute Gasteiger partial charge is 0.336 e. The molecule has 1 aliphatic rings. The number of ether oxygens (including phenoxy) is 2. The second-order valence-corrected chi connectivity index (χ2v) is 10.0. The van der Waals surface area contributed by atoms with E-state index >= 15 is 0 Å². The van der Waals surface area contributed by atoms with E-state index in [2.05, 4.69) is 0 Å². The zero-order chi connectivity index (χ0) is 22.9. The van der Waals surface area contributed by atoms with Gasteiger partial charge in [0, 0.05) is 35.3 Å². The standard InChI is InChI=1S/C24H24N2O5S2/c1-29-10-9-26-23(28)21-17-5-3-4-6-19(17)33-22(21)25-24(26)32-13-14-11-20(27)31-18-12-15(30-2)7-8-16(14)18/h7-8,11-12H,3-6,9-10,13H2,1-2H3. The van der Waals surface area contributed by atoms with Crippen LogP contribution in [0.1, 0.15) is 28.8 Å². The highest BCUT2D eigenvalue weighted by atomic mass is 32.2. The lowest BCUT2D eigenvalue weighted by molar-refractivity contribution is 0.183. The van der Waals surface area contributed by atoms with E-state index in [0.29, 0.717) is 35.4 Å². The van der Waals surface area contributed by atoms with Crippen LogP contribution in [-0.4, -0.2) is 30.4 Å². The molecule has 4 aromatic rings. The number of thiophene rings is 1. The summed E-state index contributed by atoms with van der Waals surface area (Å²) in [4.78, 5) is 32.7. The predicted octanol–water partition coefficient (Wildman–Crippen LogP) is 4.39. The lowest BCUT2D eigenvalue weighted by Crippen LogP contribution is -2.25. The Morgan fingerprint density at radius 1 is 1.18 bits per heavy atom. The van der Waals surface area contributed by atoms with Crippen LogP contribution in [0.25, 0.3) is 21.2 Å². The molecule has 0 amide bonds. The van der Waals surface area contributed by atoms with Crippen LogP contribution in [0.5, 0.6) is 5.75 Å². The fourth-order valence-electron chi connectivity index (χ4n) is 4.31. The third-order valence-corrected chi connectivity index (χ3v) is 8.16. The van der Waals surface area contributed by atoms with E-state index in [1.54, 1.807) is 36.2 Å². The second-order valence-electron chi connectivity index (χ2n) is 7.98. The first kappa shape index (κ1) is 22.2. The van der Waals surface area contributed by atoms with Crippen molar-refractivity contribution in [1.29, 1.82) is 0 Å².